The highest BCUT2D eigenvalue weighted by atomic mass is 35.5. The van der Waals surface area contributed by atoms with E-state index in [1.165, 1.54) is 4.09 Å². The van der Waals surface area contributed by atoms with Crippen LogP contribution in [0.25, 0.3) is 0 Å². The zero-order chi connectivity index (χ0) is 12.0. The Morgan fingerprint density at radius 3 is 3.00 bits per heavy atom. The molecule has 7 heteroatoms. The zero-order valence-electron chi connectivity index (χ0n) is 8.77. The second kappa shape index (κ2) is 6.47. The number of imidazole rings is 1. The van der Waals surface area contributed by atoms with Gasteiger partial charge in [0.25, 0.3) is 0 Å². The van der Waals surface area contributed by atoms with Crippen LogP contribution in [-0.4, -0.2) is 39.3 Å². The SMILES string of the molecule is NCCC(=O)N[C@H](CO)Cc1nccn1Cl. The minimum absolute atomic E-state index is 0.167. The molecule has 0 aliphatic carbocycles. The largest absolute Gasteiger partial charge is 0.394 e. The first-order chi connectivity index (χ1) is 7.67. The number of nitrogens with zero attached hydrogens (tertiary/aromatic N) is 2. The van der Waals surface area contributed by atoms with Crippen LogP contribution < -0.4 is 11.1 Å². The Balaban J connectivity index is 2.49. The molecule has 0 saturated heterocycles. The minimum atomic E-state index is -0.390. The van der Waals surface area contributed by atoms with Crippen molar-refractivity contribution in [3.8, 4) is 0 Å². The van der Waals surface area contributed by atoms with Crippen LogP contribution in [0.5, 0.6) is 0 Å². The molecule has 1 aromatic heterocycles. The number of hydrogen-bond donors (Lipinski definition) is 3. The van der Waals surface area contributed by atoms with E-state index >= 15 is 0 Å². The van der Waals surface area contributed by atoms with Crippen LogP contribution in [0.15, 0.2) is 12.4 Å². The second-order valence-electron chi connectivity index (χ2n) is 3.34. The van der Waals surface area contributed by atoms with E-state index in [2.05, 4.69) is 10.3 Å². The summed E-state index contributed by atoms with van der Waals surface area (Å²) in [6.07, 6.45) is 3.76. The maximum atomic E-state index is 11.3. The van der Waals surface area contributed by atoms with Crippen molar-refractivity contribution in [3.05, 3.63) is 18.2 Å². The summed E-state index contributed by atoms with van der Waals surface area (Å²) < 4.78 is 1.33. The number of rotatable bonds is 6. The number of carbonyl (C=O) groups excluding carboxylic acids is 1. The van der Waals surface area contributed by atoms with E-state index in [1.807, 2.05) is 0 Å². The Morgan fingerprint density at radius 1 is 1.75 bits per heavy atom. The third-order valence-corrected chi connectivity index (χ3v) is 2.36. The van der Waals surface area contributed by atoms with E-state index < -0.39 is 0 Å². The lowest BCUT2D eigenvalue weighted by molar-refractivity contribution is -0.121. The van der Waals surface area contributed by atoms with Crippen LogP contribution in [0, 0.1) is 0 Å². The fourth-order valence-electron chi connectivity index (χ4n) is 1.27. The van der Waals surface area contributed by atoms with Gasteiger partial charge in [0, 0.05) is 43.6 Å². The Bertz CT molecular complexity index is 342. The number of nitrogens with two attached hydrogens (primary N) is 1. The Hall–Kier alpha value is -1.11. The summed E-state index contributed by atoms with van der Waals surface area (Å²) in [5.74, 6) is 0.406. The zero-order valence-corrected chi connectivity index (χ0v) is 9.52. The first kappa shape index (κ1) is 13.0. The number of carbonyl (C=O) groups is 1. The van der Waals surface area contributed by atoms with Gasteiger partial charge in [-0.05, 0) is 0 Å². The average Bonchev–Trinajstić information content (AvgIpc) is 2.64. The van der Waals surface area contributed by atoms with Crippen LogP contribution in [-0.2, 0) is 11.2 Å². The first-order valence-electron chi connectivity index (χ1n) is 4.96. The molecule has 0 radical (unpaired) electrons. The van der Waals surface area contributed by atoms with Crippen molar-refractivity contribution >= 4 is 17.7 Å². The highest BCUT2D eigenvalue weighted by molar-refractivity contribution is 6.15. The number of hydrogen-bond acceptors (Lipinski definition) is 4. The molecule has 4 N–H and O–H groups in total. The lowest BCUT2D eigenvalue weighted by Crippen LogP contribution is -2.40. The topological polar surface area (TPSA) is 93.2 Å². The van der Waals surface area contributed by atoms with Crippen molar-refractivity contribution in [2.24, 2.45) is 5.73 Å². The predicted molar refractivity (Wildman–Crippen MR) is 59.9 cm³/mol. The molecule has 0 spiro atoms. The van der Waals surface area contributed by atoms with Gasteiger partial charge >= 0.3 is 0 Å². The van der Waals surface area contributed by atoms with Gasteiger partial charge in [0.15, 0.2) is 0 Å². The lowest BCUT2D eigenvalue weighted by atomic mass is 10.2. The van der Waals surface area contributed by atoms with Gasteiger partial charge in [-0.25, -0.2) is 9.07 Å². The number of nitrogens with one attached hydrogen (secondary N) is 1. The van der Waals surface area contributed by atoms with Crippen LogP contribution >= 0.6 is 11.8 Å². The fourth-order valence-corrected chi connectivity index (χ4v) is 1.43. The lowest BCUT2D eigenvalue weighted by Gasteiger charge is -2.15. The van der Waals surface area contributed by atoms with Gasteiger partial charge in [0.05, 0.1) is 12.6 Å². The third kappa shape index (κ3) is 3.80. The van der Waals surface area contributed by atoms with Gasteiger partial charge in [0.1, 0.15) is 5.82 Å². The van der Waals surface area contributed by atoms with E-state index in [1.54, 1.807) is 12.4 Å². The number of aliphatic hydroxyl groups is 1. The summed E-state index contributed by atoms with van der Waals surface area (Å²) in [7, 11) is 0. The molecular formula is C9H15ClN4O2. The molecule has 1 amide bonds. The molecule has 6 nitrogen and oxygen atoms in total. The van der Waals surface area contributed by atoms with E-state index in [4.69, 9.17) is 22.6 Å². The number of aromatic nitrogens is 2. The van der Waals surface area contributed by atoms with Crippen molar-refractivity contribution in [3.63, 3.8) is 0 Å². The Kier molecular flexibility index (Phi) is 5.24. The fraction of sp³-hybridized carbons (Fsp3) is 0.556. The van der Waals surface area contributed by atoms with Crippen LogP contribution in [0.2, 0.25) is 0 Å². The molecule has 1 aromatic rings. The molecule has 0 aliphatic rings. The molecule has 0 aliphatic heterocycles. The minimum Gasteiger partial charge on any atom is -0.394 e. The monoisotopic (exact) mass is 246 g/mol. The highest BCUT2D eigenvalue weighted by Gasteiger charge is 2.14. The van der Waals surface area contributed by atoms with Gasteiger partial charge in [-0.2, -0.15) is 0 Å². The van der Waals surface area contributed by atoms with Gasteiger partial charge in [0.2, 0.25) is 5.91 Å². The van der Waals surface area contributed by atoms with Crippen LogP contribution in [0.4, 0.5) is 0 Å². The molecule has 90 valence electrons. The highest BCUT2D eigenvalue weighted by Crippen LogP contribution is 2.03. The molecular weight excluding hydrogens is 232 g/mol. The molecule has 0 unspecified atom stereocenters. The average molecular weight is 247 g/mol. The maximum Gasteiger partial charge on any atom is 0.221 e. The molecule has 0 bridgehead atoms. The van der Waals surface area contributed by atoms with Crippen molar-refractivity contribution in [1.82, 2.24) is 14.4 Å². The Morgan fingerprint density at radius 2 is 2.50 bits per heavy atom. The number of halogens is 1. The van der Waals surface area contributed by atoms with E-state index in [9.17, 15) is 4.79 Å². The summed E-state index contributed by atoms with van der Waals surface area (Å²) >= 11 is 5.78. The van der Waals surface area contributed by atoms with E-state index in [-0.39, 0.29) is 31.5 Å². The third-order valence-electron chi connectivity index (χ3n) is 2.05. The van der Waals surface area contributed by atoms with Crippen LogP contribution in [0.3, 0.4) is 0 Å². The quantitative estimate of drug-likeness (QED) is 0.616. The predicted octanol–water partition coefficient (Wildman–Crippen LogP) is -0.747. The van der Waals surface area contributed by atoms with Crippen molar-refractivity contribution in [2.75, 3.05) is 13.2 Å². The Labute approximate surface area is 98.5 Å². The molecule has 16 heavy (non-hydrogen) atoms. The van der Waals surface area contributed by atoms with Gasteiger partial charge in [-0.15, -0.1) is 0 Å². The van der Waals surface area contributed by atoms with Crippen molar-refractivity contribution in [2.45, 2.75) is 18.9 Å². The van der Waals surface area contributed by atoms with Gasteiger partial charge < -0.3 is 16.2 Å². The number of aliphatic hydroxyl groups excluding tert-OH is 1. The van der Waals surface area contributed by atoms with E-state index in [0.717, 1.165) is 0 Å². The molecule has 1 rings (SSSR count). The maximum absolute atomic E-state index is 11.3. The van der Waals surface area contributed by atoms with Crippen LogP contribution in [0.1, 0.15) is 12.2 Å². The normalized spacial score (nSPS) is 12.4. The standard InChI is InChI=1S/C9H15ClN4O2/c10-14-4-3-12-8(14)5-7(6-15)13-9(16)1-2-11/h3-4,7,15H,1-2,5-6,11H2,(H,13,16)/t7-/m0/s1. The smallest absolute Gasteiger partial charge is 0.221 e. The summed E-state index contributed by atoms with van der Waals surface area (Å²) in [4.78, 5) is 15.3. The van der Waals surface area contributed by atoms with Crippen molar-refractivity contribution < 1.29 is 9.90 Å². The summed E-state index contributed by atoms with van der Waals surface area (Å²) in [6, 6.07) is -0.390. The second-order valence-corrected chi connectivity index (χ2v) is 3.71. The molecule has 0 saturated carbocycles. The summed E-state index contributed by atoms with van der Waals surface area (Å²) in [6.45, 7) is 0.119. The first-order valence-corrected chi connectivity index (χ1v) is 5.29. The molecule has 0 fully saturated rings. The molecule has 1 atom stereocenters. The summed E-state index contributed by atoms with van der Waals surface area (Å²) in [5.41, 5.74) is 5.25. The summed E-state index contributed by atoms with van der Waals surface area (Å²) in [5, 5.41) is 11.8. The van der Waals surface area contributed by atoms with Gasteiger partial charge in [-0.3, -0.25) is 4.79 Å². The molecule has 1 heterocycles. The molecule has 0 aromatic carbocycles. The number of amides is 1. The van der Waals surface area contributed by atoms with E-state index in [0.29, 0.717) is 12.2 Å². The van der Waals surface area contributed by atoms with Crippen molar-refractivity contribution in [1.29, 1.82) is 0 Å². The van der Waals surface area contributed by atoms with Gasteiger partial charge in [-0.1, -0.05) is 0 Å².